The average Bonchev–Trinajstić information content (AvgIpc) is 3.34. The number of nitrogens with zero attached hydrogens (tertiary/aromatic N) is 4. The molecule has 2 N–H and O–H groups in total. The number of aromatic nitrogens is 3. The lowest BCUT2D eigenvalue weighted by Crippen LogP contribution is -2.48. The van der Waals surface area contributed by atoms with E-state index < -0.39 is 0 Å². The molecule has 4 aromatic rings. The highest BCUT2D eigenvalue weighted by Gasteiger charge is 2.19. The maximum Gasteiger partial charge on any atom is 0.258 e. The van der Waals surface area contributed by atoms with Crippen molar-refractivity contribution in [2.75, 3.05) is 19.6 Å². The second-order valence-electron chi connectivity index (χ2n) is 8.57. The standard InChI is InChI=1S/C24H26ClN5O2/c1-15-9-18(23-27-21(28-32-23)14-29-8-7-26-16(2)11-29)10-19-13-30(24(31)22(15)19)12-17-3-5-20(25)6-4-17/h3-6,9-10,13,16,26,31H,7-8,11-12,14H2,1-2H3. The molecule has 1 fully saturated rings. The first kappa shape index (κ1) is 21.0. The predicted octanol–water partition coefficient (Wildman–Crippen LogP) is 4.20. The first-order valence-corrected chi connectivity index (χ1v) is 11.2. The second kappa shape index (κ2) is 8.58. The summed E-state index contributed by atoms with van der Waals surface area (Å²) in [6.07, 6.45) is 1.95. The number of aromatic hydroxyl groups is 1. The quantitative estimate of drug-likeness (QED) is 0.473. The normalized spacial score (nSPS) is 17.3. The molecule has 8 heteroatoms. The maximum atomic E-state index is 10.8. The Balaban J connectivity index is 1.40. The van der Waals surface area contributed by atoms with Gasteiger partial charge < -0.3 is 19.5 Å². The molecule has 5 rings (SSSR count). The number of halogens is 1. The Morgan fingerprint density at radius 1 is 1.22 bits per heavy atom. The van der Waals surface area contributed by atoms with Gasteiger partial charge in [-0.25, -0.2) is 0 Å². The molecule has 2 aromatic heterocycles. The van der Waals surface area contributed by atoms with Crippen LogP contribution in [0.2, 0.25) is 5.02 Å². The molecule has 0 amide bonds. The summed E-state index contributed by atoms with van der Waals surface area (Å²) >= 11 is 5.99. The molecule has 1 unspecified atom stereocenters. The van der Waals surface area contributed by atoms with Gasteiger partial charge in [0, 0.05) is 53.2 Å². The van der Waals surface area contributed by atoms with Gasteiger partial charge in [0.05, 0.1) is 13.1 Å². The zero-order valence-corrected chi connectivity index (χ0v) is 18.9. The summed E-state index contributed by atoms with van der Waals surface area (Å²) in [5.41, 5.74) is 2.87. The zero-order chi connectivity index (χ0) is 22.2. The number of nitrogens with one attached hydrogen (secondary N) is 1. The van der Waals surface area contributed by atoms with Gasteiger partial charge in [0.15, 0.2) is 11.7 Å². The van der Waals surface area contributed by atoms with Gasteiger partial charge in [-0.1, -0.05) is 28.9 Å². The van der Waals surface area contributed by atoms with Crippen LogP contribution in [0.3, 0.4) is 0 Å². The number of rotatable bonds is 5. The lowest BCUT2D eigenvalue weighted by atomic mass is 10.1. The van der Waals surface area contributed by atoms with Crippen LogP contribution in [-0.2, 0) is 13.1 Å². The van der Waals surface area contributed by atoms with Crippen molar-refractivity contribution < 1.29 is 9.63 Å². The molecule has 1 atom stereocenters. The lowest BCUT2D eigenvalue weighted by molar-refractivity contribution is 0.193. The number of piperazine rings is 1. The van der Waals surface area contributed by atoms with Crippen molar-refractivity contribution in [2.24, 2.45) is 0 Å². The third-order valence-electron chi connectivity index (χ3n) is 5.96. The molecule has 7 nitrogen and oxygen atoms in total. The zero-order valence-electron chi connectivity index (χ0n) is 18.2. The fourth-order valence-corrected chi connectivity index (χ4v) is 4.54. The Hall–Kier alpha value is -2.87. The Kier molecular flexibility index (Phi) is 5.63. The molecule has 0 aliphatic carbocycles. The minimum Gasteiger partial charge on any atom is -0.494 e. The van der Waals surface area contributed by atoms with Crippen LogP contribution >= 0.6 is 11.6 Å². The fourth-order valence-electron chi connectivity index (χ4n) is 4.42. The minimum absolute atomic E-state index is 0.248. The van der Waals surface area contributed by atoms with Gasteiger partial charge >= 0.3 is 0 Å². The maximum absolute atomic E-state index is 10.8. The molecule has 166 valence electrons. The Morgan fingerprint density at radius 3 is 2.81 bits per heavy atom. The van der Waals surface area contributed by atoms with E-state index >= 15 is 0 Å². The van der Waals surface area contributed by atoms with E-state index in [9.17, 15) is 5.11 Å². The summed E-state index contributed by atoms with van der Waals surface area (Å²) in [5, 5.41) is 20.9. The molecule has 0 saturated carbocycles. The number of aryl methyl sites for hydroxylation is 1. The van der Waals surface area contributed by atoms with Crippen molar-refractivity contribution in [3.05, 3.63) is 64.6 Å². The predicted molar refractivity (Wildman–Crippen MR) is 125 cm³/mol. The van der Waals surface area contributed by atoms with Crippen molar-refractivity contribution in [3.8, 4) is 17.3 Å². The molecule has 3 heterocycles. The largest absolute Gasteiger partial charge is 0.494 e. The molecule has 0 radical (unpaired) electrons. The third-order valence-corrected chi connectivity index (χ3v) is 6.21. The van der Waals surface area contributed by atoms with Gasteiger partial charge in [-0.15, -0.1) is 0 Å². The van der Waals surface area contributed by atoms with Crippen LogP contribution in [0.4, 0.5) is 0 Å². The summed E-state index contributed by atoms with van der Waals surface area (Å²) in [6.45, 7) is 8.31. The monoisotopic (exact) mass is 451 g/mol. The number of fused-ring (bicyclic) bond motifs is 1. The summed E-state index contributed by atoms with van der Waals surface area (Å²) in [7, 11) is 0. The molecule has 2 aromatic carbocycles. The van der Waals surface area contributed by atoms with Gasteiger partial charge in [-0.05, 0) is 49.2 Å². The van der Waals surface area contributed by atoms with E-state index in [1.54, 1.807) is 0 Å². The topological polar surface area (TPSA) is 79.4 Å². The van der Waals surface area contributed by atoms with Gasteiger partial charge in [0.25, 0.3) is 5.89 Å². The molecular formula is C24H26ClN5O2. The summed E-state index contributed by atoms with van der Waals surface area (Å²) in [6, 6.07) is 12.1. The van der Waals surface area contributed by atoms with Gasteiger partial charge in [-0.3, -0.25) is 4.90 Å². The van der Waals surface area contributed by atoms with Gasteiger partial charge in [0.2, 0.25) is 0 Å². The van der Waals surface area contributed by atoms with Crippen LogP contribution < -0.4 is 5.32 Å². The van der Waals surface area contributed by atoms with E-state index in [0.717, 1.165) is 47.1 Å². The highest BCUT2D eigenvalue weighted by Crippen LogP contribution is 2.34. The minimum atomic E-state index is 0.248. The van der Waals surface area contributed by atoms with Crippen LogP contribution in [0.15, 0.2) is 47.1 Å². The Morgan fingerprint density at radius 2 is 2.03 bits per heavy atom. The van der Waals surface area contributed by atoms with Crippen LogP contribution in [0.1, 0.15) is 23.9 Å². The lowest BCUT2D eigenvalue weighted by Gasteiger charge is -2.30. The SMILES string of the molecule is Cc1cc(-c2nc(CN3CCNC(C)C3)no2)cc2cn(Cc3ccc(Cl)cc3)c(O)c12. The van der Waals surface area contributed by atoms with Crippen molar-refractivity contribution >= 4 is 22.4 Å². The fraction of sp³-hybridized carbons (Fsp3) is 0.333. The van der Waals surface area contributed by atoms with Crippen molar-refractivity contribution in [1.29, 1.82) is 0 Å². The van der Waals surface area contributed by atoms with Crippen LogP contribution in [-0.4, -0.2) is 50.4 Å². The molecule has 1 aliphatic heterocycles. The van der Waals surface area contributed by atoms with Crippen molar-refractivity contribution in [3.63, 3.8) is 0 Å². The first-order chi connectivity index (χ1) is 15.5. The van der Waals surface area contributed by atoms with Crippen LogP contribution in [0.25, 0.3) is 22.2 Å². The third kappa shape index (κ3) is 4.24. The number of benzene rings is 2. The van der Waals surface area contributed by atoms with Gasteiger partial charge in [-0.2, -0.15) is 4.98 Å². The van der Waals surface area contributed by atoms with E-state index in [-0.39, 0.29) is 5.88 Å². The highest BCUT2D eigenvalue weighted by atomic mass is 35.5. The van der Waals surface area contributed by atoms with Crippen molar-refractivity contribution in [1.82, 2.24) is 24.9 Å². The molecule has 0 spiro atoms. The van der Waals surface area contributed by atoms with E-state index in [2.05, 4.69) is 27.3 Å². The Bertz CT molecular complexity index is 1250. The van der Waals surface area contributed by atoms with Gasteiger partial charge in [0.1, 0.15) is 0 Å². The second-order valence-corrected chi connectivity index (χ2v) is 9.01. The molecule has 1 aliphatic rings. The number of hydrogen-bond donors (Lipinski definition) is 2. The summed E-state index contributed by atoms with van der Waals surface area (Å²) < 4.78 is 7.42. The molecule has 0 bridgehead atoms. The summed E-state index contributed by atoms with van der Waals surface area (Å²) in [5.74, 6) is 1.44. The molecule has 1 saturated heterocycles. The van der Waals surface area contributed by atoms with Crippen molar-refractivity contribution in [2.45, 2.75) is 33.0 Å². The van der Waals surface area contributed by atoms with Crippen LogP contribution in [0, 0.1) is 6.92 Å². The molecular weight excluding hydrogens is 426 g/mol. The molecule has 32 heavy (non-hydrogen) atoms. The Labute approximate surface area is 191 Å². The van der Waals surface area contributed by atoms with Crippen LogP contribution in [0.5, 0.6) is 5.88 Å². The highest BCUT2D eigenvalue weighted by molar-refractivity contribution is 6.30. The van der Waals surface area contributed by atoms with E-state index in [4.69, 9.17) is 16.1 Å². The number of hydrogen-bond acceptors (Lipinski definition) is 6. The summed E-state index contributed by atoms with van der Waals surface area (Å²) in [4.78, 5) is 6.96. The average molecular weight is 452 g/mol. The van der Waals surface area contributed by atoms with E-state index in [1.807, 2.05) is 54.1 Å². The van der Waals surface area contributed by atoms with E-state index in [1.165, 1.54) is 0 Å². The smallest absolute Gasteiger partial charge is 0.258 e. The first-order valence-electron chi connectivity index (χ1n) is 10.8. The van der Waals surface area contributed by atoms with E-state index in [0.29, 0.717) is 35.9 Å².